The summed E-state index contributed by atoms with van der Waals surface area (Å²) < 4.78 is 1.62. The molecule has 2 fully saturated rings. The van der Waals surface area contributed by atoms with E-state index in [1.165, 1.54) is 30.4 Å². The SMILES string of the molecule is Cn1cccc(-c2ccc3c(c2)CCN(CC(=O)N2CCN(C4CCC4)CC2)C3)c1=O. The fourth-order valence-corrected chi connectivity index (χ4v) is 5.11. The van der Waals surface area contributed by atoms with Gasteiger partial charge in [0.05, 0.1) is 6.54 Å². The molecule has 0 bridgehead atoms. The van der Waals surface area contributed by atoms with Crippen molar-refractivity contribution in [2.24, 2.45) is 7.05 Å². The third kappa shape index (κ3) is 4.19. The molecule has 1 saturated carbocycles. The van der Waals surface area contributed by atoms with E-state index in [0.717, 1.165) is 62.9 Å². The molecular weight excluding hydrogens is 388 g/mol. The van der Waals surface area contributed by atoms with Crippen molar-refractivity contribution in [3.63, 3.8) is 0 Å². The molecule has 1 saturated heterocycles. The van der Waals surface area contributed by atoms with E-state index in [-0.39, 0.29) is 11.5 Å². The number of benzene rings is 1. The number of rotatable bonds is 4. The molecule has 2 aliphatic heterocycles. The first-order valence-corrected chi connectivity index (χ1v) is 11.6. The van der Waals surface area contributed by atoms with Gasteiger partial charge in [-0.25, -0.2) is 0 Å². The van der Waals surface area contributed by atoms with Crippen LogP contribution >= 0.6 is 0 Å². The van der Waals surface area contributed by atoms with Crippen LogP contribution in [0.15, 0.2) is 41.3 Å². The molecule has 0 unspecified atom stereocenters. The predicted octanol–water partition coefficient (Wildman–Crippen LogP) is 2.11. The van der Waals surface area contributed by atoms with E-state index in [1.807, 2.05) is 18.2 Å². The lowest BCUT2D eigenvalue weighted by molar-refractivity contribution is -0.135. The number of hydrogen-bond donors (Lipinski definition) is 0. The molecule has 0 atom stereocenters. The second-order valence-electron chi connectivity index (χ2n) is 9.28. The molecular formula is C25H32N4O2. The Morgan fingerprint density at radius 2 is 1.84 bits per heavy atom. The highest BCUT2D eigenvalue weighted by molar-refractivity contribution is 5.78. The summed E-state index contributed by atoms with van der Waals surface area (Å²) in [5.41, 5.74) is 4.31. The summed E-state index contributed by atoms with van der Waals surface area (Å²) in [7, 11) is 1.78. The summed E-state index contributed by atoms with van der Waals surface area (Å²) in [5.74, 6) is 0.265. The van der Waals surface area contributed by atoms with E-state index >= 15 is 0 Å². The van der Waals surface area contributed by atoms with Crippen LogP contribution in [0.5, 0.6) is 0 Å². The maximum absolute atomic E-state index is 12.9. The molecule has 3 aliphatic rings. The molecule has 2 aromatic rings. The highest BCUT2D eigenvalue weighted by Gasteiger charge is 2.30. The maximum Gasteiger partial charge on any atom is 0.258 e. The lowest BCUT2D eigenvalue weighted by Gasteiger charge is -2.43. The molecule has 1 aromatic heterocycles. The third-order valence-corrected chi connectivity index (χ3v) is 7.35. The van der Waals surface area contributed by atoms with Gasteiger partial charge in [0, 0.05) is 64.1 Å². The molecule has 0 radical (unpaired) electrons. The zero-order chi connectivity index (χ0) is 21.4. The van der Waals surface area contributed by atoms with Crippen molar-refractivity contribution in [1.82, 2.24) is 19.3 Å². The van der Waals surface area contributed by atoms with Crippen LogP contribution in [0.2, 0.25) is 0 Å². The van der Waals surface area contributed by atoms with Gasteiger partial charge in [-0.1, -0.05) is 24.6 Å². The molecule has 31 heavy (non-hydrogen) atoms. The number of carbonyl (C=O) groups excluding carboxylic acids is 1. The summed E-state index contributed by atoms with van der Waals surface area (Å²) in [5, 5.41) is 0. The van der Waals surface area contributed by atoms with Crippen LogP contribution in [0.1, 0.15) is 30.4 Å². The van der Waals surface area contributed by atoms with E-state index in [4.69, 9.17) is 0 Å². The summed E-state index contributed by atoms with van der Waals surface area (Å²) in [4.78, 5) is 32.2. The van der Waals surface area contributed by atoms with Crippen molar-refractivity contribution in [3.05, 3.63) is 58.0 Å². The average molecular weight is 421 g/mol. The molecule has 0 N–H and O–H groups in total. The fraction of sp³-hybridized carbons (Fsp3) is 0.520. The first kappa shape index (κ1) is 20.5. The van der Waals surface area contributed by atoms with Gasteiger partial charge in [-0.3, -0.25) is 19.4 Å². The number of aryl methyl sites for hydroxylation is 1. The molecule has 6 heteroatoms. The smallest absolute Gasteiger partial charge is 0.258 e. The number of piperazine rings is 1. The lowest BCUT2D eigenvalue weighted by Crippen LogP contribution is -2.55. The molecule has 6 nitrogen and oxygen atoms in total. The predicted molar refractivity (Wildman–Crippen MR) is 122 cm³/mol. The van der Waals surface area contributed by atoms with E-state index in [1.54, 1.807) is 17.8 Å². The molecule has 1 aromatic carbocycles. The Balaban J connectivity index is 1.20. The van der Waals surface area contributed by atoms with Crippen LogP contribution in [0.4, 0.5) is 0 Å². The Labute approximate surface area is 184 Å². The van der Waals surface area contributed by atoms with Crippen LogP contribution in [-0.2, 0) is 24.8 Å². The number of amides is 1. The number of aromatic nitrogens is 1. The van der Waals surface area contributed by atoms with Gasteiger partial charge in [0.2, 0.25) is 5.91 Å². The minimum Gasteiger partial charge on any atom is -0.339 e. The summed E-state index contributed by atoms with van der Waals surface area (Å²) in [6.45, 7) is 5.99. The molecule has 164 valence electrons. The van der Waals surface area contributed by atoms with Crippen LogP contribution in [0, 0.1) is 0 Å². The van der Waals surface area contributed by atoms with Gasteiger partial charge < -0.3 is 9.47 Å². The van der Waals surface area contributed by atoms with Gasteiger partial charge >= 0.3 is 0 Å². The van der Waals surface area contributed by atoms with E-state index < -0.39 is 0 Å². The van der Waals surface area contributed by atoms with E-state index in [2.05, 4.69) is 26.8 Å². The van der Waals surface area contributed by atoms with Crippen LogP contribution in [-0.4, -0.2) is 70.5 Å². The summed E-state index contributed by atoms with van der Waals surface area (Å²) >= 11 is 0. The normalized spacial score (nSPS) is 20.4. The zero-order valence-corrected chi connectivity index (χ0v) is 18.4. The van der Waals surface area contributed by atoms with Crippen molar-refractivity contribution >= 4 is 5.91 Å². The minimum absolute atomic E-state index is 0.0305. The van der Waals surface area contributed by atoms with Crippen molar-refractivity contribution in [3.8, 4) is 11.1 Å². The highest BCUT2D eigenvalue weighted by atomic mass is 16.2. The monoisotopic (exact) mass is 420 g/mol. The zero-order valence-electron chi connectivity index (χ0n) is 18.4. The standard InChI is InChI=1S/C25H32N4O2/c1-26-10-3-6-23(25(26)31)20-7-8-21-17-27(11-9-19(21)16-20)18-24(30)29-14-12-28(13-15-29)22-4-2-5-22/h3,6-8,10,16,22H,2,4-5,9,11-15,17-18H2,1H3. The fourth-order valence-electron chi connectivity index (χ4n) is 5.11. The maximum atomic E-state index is 12.9. The second-order valence-corrected chi connectivity index (χ2v) is 9.28. The topological polar surface area (TPSA) is 48.8 Å². The second kappa shape index (κ2) is 8.60. The number of fused-ring (bicyclic) bond motifs is 1. The Bertz CT molecular complexity index is 1020. The molecule has 0 spiro atoms. The first-order valence-electron chi connectivity index (χ1n) is 11.6. The van der Waals surface area contributed by atoms with Gasteiger partial charge in [-0.15, -0.1) is 0 Å². The van der Waals surface area contributed by atoms with Gasteiger partial charge in [-0.2, -0.15) is 0 Å². The Morgan fingerprint density at radius 3 is 2.58 bits per heavy atom. The van der Waals surface area contributed by atoms with Crippen molar-refractivity contribution in [1.29, 1.82) is 0 Å². The molecule has 3 heterocycles. The van der Waals surface area contributed by atoms with Crippen molar-refractivity contribution in [2.45, 2.75) is 38.3 Å². The van der Waals surface area contributed by atoms with Gasteiger partial charge in [0.15, 0.2) is 0 Å². The molecule has 1 aliphatic carbocycles. The number of pyridine rings is 1. The molecule has 5 rings (SSSR count). The Hall–Kier alpha value is -2.44. The van der Waals surface area contributed by atoms with Gasteiger partial charge in [0.1, 0.15) is 0 Å². The van der Waals surface area contributed by atoms with Crippen molar-refractivity contribution < 1.29 is 4.79 Å². The highest BCUT2D eigenvalue weighted by Crippen LogP contribution is 2.26. The van der Waals surface area contributed by atoms with E-state index in [0.29, 0.717) is 6.54 Å². The van der Waals surface area contributed by atoms with Crippen LogP contribution < -0.4 is 5.56 Å². The number of hydrogen-bond acceptors (Lipinski definition) is 4. The third-order valence-electron chi connectivity index (χ3n) is 7.35. The largest absolute Gasteiger partial charge is 0.339 e. The van der Waals surface area contributed by atoms with Crippen LogP contribution in [0.25, 0.3) is 11.1 Å². The minimum atomic E-state index is 0.0305. The average Bonchev–Trinajstić information content (AvgIpc) is 2.74. The number of nitrogens with zero attached hydrogens (tertiary/aromatic N) is 4. The quantitative estimate of drug-likeness (QED) is 0.760. The van der Waals surface area contributed by atoms with Crippen molar-refractivity contribution in [2.75, 3.05) is 39.3 Å². The number of carbonyl (C=O) groups is 1. The van der Waals surface area contributed by atoms with Crippen LogP contribution in [0.3, 0.4) is 0 Å². The first-order chi connectivity index (χ1) is 15.1. The molecule has 1 amide bonds. The summed E-state index contributed by atoms with van der Waals surface area (Å²) in [6.07, 6.45) is 6.73. The summed E-state index contributed by atoms with van der Waals surface area (Å²) in [6, 6.07) is 10.9. The lowest BCUT2D eigenvalue weighted by atomic mass is 9.91. The van der Waals surface area contributed by atoms with Gasteiger partial charge in [0.25, 0.3) is 5.56 Å². The van der Waals surface area contributed by atoms with Gasteiger partial charge in [-0.05, 0) is 48.1 Å². The Kier molecular flexibility index (Phi) is 5.67. The Morgan fingerprint density at radius 1 is 1.03 bits per heavy atom. The van der Waals surface area contributed by atoms with E-state index in [9.17, 15) is 9.59 Å².